The van der Waals surface area contributed by atoms with Crippen LogP contribution in [0.15, 0.2) is 23.6 Å². The number of pyridine rings is 1. The standard InChI is InChI=1S/C15H17N3OS/c1-10-7-12(8-14(16-2)17-10)15(19)18-5-3-13-11(9-18)4-6-20-13/h4,6-8H,3,5,9H2,1-2H3,(H,16,17). The number of hydrogen-bond donors (Lipinski definition) is 1. The first-order valence-corrected chi connectivity index (χ1v) is 7.56. The smallest absolute Gasteiger partial charge is 0.254 e. The average molecular weight is 287 g/mol. The maximum absolute atomic E-state index is 12.6. The highest BCUT2D eigenvalue weighted by Gasteiger charge is 2.22. The molecule has 2 aromatic heterocycles. The maximum atomic E-state index is 12.6. The van der Waals surface area contributed by atoms with E-state index < -0.39 is 0 Å². The minimum atomic E-state index is 0.0869. The highest BCUT2D eigenvalue weighted by molar-refractivity contribution is 7.10. The molecule has 0 unspecified atom stereocenters. The van der Waals surface area contributed by atoms with Crippen LogP contribution in [-0.4, -0.2) is 29.4 Å². The van der Waals surface area contributed by atoms with Gasteiger partial charge in [0.15, 0.2) is 0 Å². The number of thiophene rings is 1. The van der Waals surface area contributed by atoms with E-state index in [0.29, 0.717) is 12.1 Å². The van der Waals surface area contributed by atoms with Gasteiger partial charge >= 0.3 is 0 Å². The fourth-order valence-electron chi connectivity index (χ4n) is 2.52. The van der Waals surface area contributed by atoms with E-state index in [9.17, 15) is 4.79 Å². The summed E-state index contributed by atoms with van der Waals surface area (Å²) in [6, 6.07) is 5.79. The summed E-state index contributed by atoms with van der Waals surface area (Å²) in [5.74, 6) is 0.824. The molecule has 1 aliphatic heterocycles. The van der Waals surface area contributed by atoms with E-state index in [1.807, 2.05) is 31.0 Å². The summed E-state index contributed by atoms with van der Waals surface area (Å²) in [6.07, 6.45) is 0.960. The highest BCUT2D eigenvalue weighted by atomic mass is 32.1. The lowest BCUT2D eigenvalue weighted by Gasteiger charge is -2.27. The van der Waals surface area contributed by atoms with Crippen molar-refractivity contribution in [1.29, 1.82) is 0 Å². The van der Waals surface area contributed by atoms with Gasteiger partial charge in [-0.3, -0.25) is 4.79 Å². The summed E-state index contributed by atoms with van der Waals surface area (Å²) < 4.78 is 0. The van der Waals surface area contributed by atoms with E-state index >= 15 is 0 Å². The Kier molecular flexibility index (Phi) is 3.44. The Balaban J connectivity index is 1.85. The van der Waals surface area contributed by atoms with Crippen molar-refractivity contribution >= 4 is 23.1 Å². The molecule has 0 aromatic carbocycles. The molecular weight excluding hydrogens is 270 g/mol. The molecule has 0 saturated carbocycles. The predicted octanol–water partition coefficient (Wildman–Crippen LogP) is 2.69. The van der Waals surface area contributed by atoms with Gasteiger partial charge in [-0.25, -0.2) is 4.98 Å². The topological polar surface area (TPSA) is 45.2 Å². The van der Waals surface area contributed by atoms with E-state index in [4.69, 9.17) is 0 Å². The number of nitrogens with one attached hydrogen (secondary N) is 1. The maximum Gasteiger partial charge on any atom is 0.254 e. The zero-order valence-electron chi connectivity index (χ0n) is 11.6. The summed E-state index contributed by atoms with van der Waals surface area (Å²) in [4.78, 5) is 20.3. The Morgan fingerprint density at radius 1 is 1.45 bits per heavy atom. The molecule has 0 fully saturated rings. The second-order valence-corrected chi connectivity index (χ2v) is 5.98. The van der Waals surface area contributed by atoms with Gasteiger partial charge in [-0.05, 0) is 42.5 Å². The van der Waals surface area contributed by atoms with Crippen LogP contribution in [0.2, 0.25) is 0 Å². The van der Waals surface area contributed by atoms with Gasteiger partial charge in [0.2, 0.25) is 0 Å². The minimum Gasteiger partial charge on any atom is -0.373 e. The SMILES string of the molecule is CNc1cc(C(=O)N2CCc3sccc3C2)cc(C)n1. The third kappa shape index (κ3) is 2.41. The first-order chi connectivity index (χ1) is 9.67. The lowest BCUT2D eigenvalue weighted by atomic mass is 10.1. The second kappa shape index (κ2) is 5.25. The van der Waals surface area contributed by atoms with Crippen LogP contribution in [0.1, 0.15) is 26.5 Å². The first-order valence-electron chi connectivity index (χ1n) is 6.68. The molecule has 0 bridgehead atoms. The zero-order chi connectivity index (χ0) is 14.1. The Morgan fingerprint density at radius 3 is 3.10 bits per heavy atom. The molecule has 0 atom stereocenters. The normalized spacial score (nSPS) is 14.0. The number of anilines is 1. The lowest BCUT2D eigenvalue weighted by molar-refractivity contribution is 0.0735. The van der Waals surface area contributed by atoms with Crippen molar-refractivity contribution in [3.8, 4) is 0 Å². The van der Waals surface area contributed by atoms with Gasteiger partial charge in [-0.2, -0.15) is 0 Å². The van der Waals surface area contributed by atoms with Gasteiger partial charge in [0.25, 0.3) is 5.91 Å². The quantitative estimate of drug-likeness (QED) is 0.923. The molecule has 0 spiro atoms. The van der Waals surface area contributed by atoms with Crippen molar-refractivity contribution in [3.63, 3.8) is 0 Å². The number of aromatic nitrogens is 1. The number of aryl methyl sites for hydroxylation is 1. The number of carbonyl (C=O) groups is 1. The summed E-state index contributed by atoms with van der Waals surface area (Å²) in [5, 5.41) is 5.10. The molecule has 0 radical (unpaired) electrons. The second-order valence-electron chi connectivity index (χ2n) is 4.98. The number of amides is 1. The van der Waals surface area contributed by atoms with Crippen molar-refractivity contribution in [2.45, 2.75) is 19.9 Å². The third-order valence-corrected chi connectivity index (χ3v) is 4.57. The Labute approximate surface area is 122 Å². The Hall–Kier alpha value is -1.88. The molecule has 2 aromatic rings. The minimum absolute atomic E-state index is 0.0869. The van der Waals surface area contributed by atoms with E-state index in [1.165, 1.54) is 10.4 Å². The van der Waals surface area contributed by atoms with Gasteiger partial charge in [-0.15, -0.1) is 11.3 Å². The number of nitrogens with zero attached hydrogens (tertiary/aromatic N) is 2. The van der Waals surface area contributed by atoms with Crippen molar-refractivity contribution in [2.24, 2.45) is 0 Å². The molecule has 3 heterocycles. The molecule has 4 nitrogen and oxygen atoms in total. The van der Waals surface area contributed by atoms with E-state index in [1.54, 1.807) is 11.3 Å². The molecular formula is C15H17N3OS. The molecule has 1 N–H and O–H groups in total. The van der Waals surface area contributed by atoms with Crippen LogP contribution in [0.4, 0.5) is 5.82 Å². The summed E-state index contributed by atoms with van der Waals surface area (Å²) in [7, 11) is 1.81. The van der Waals surface area contributed by atoms with E-state index in [0.717, 1.165) is 24.5 Å². The van der Waals surface area contributed by atoms with Crippen molar-refractivity contribution < 1.29 is 4.79 Å². The van der Waals surface area contributed by atoms with Crippen LogP contribution in [-0.2, 0) is 13.0 Å². The van der Waals surface area contributed by atoms with E-state index in [-0.39, 0.29) is 5.91 Å². The van der Waals surface area contributed by atoms with Gasteiger partial charge in [0.05, 0.1) is 0 Å². The molecule has 0 aliphatic carbocycles. The zero-order valence-corrected chi connectivity index (χ0v) is 12.5. The van der Waals surface area contributed by atoms with Gasteiger partial charge in [0, 0.05) is 36.3 Å². The van der Waals surface area contributed by atoms with Crippen LogP contribution in [0.5, 0.6) is 0 Å². The van der Waals surface area contributed by atoms with Crippen LogP contribution >= 0.6 is 11.3 Å². The largest absolute Gasteiger partial charge is 0.373 e. The highest BCUT2D eigenvalue weighted by Crippen LogP contribution is 2.25. The molecule has 20 heavy (non-hydrogen) atoms. The van der Waals surface area contributed by atoms with Crippen molar-refractivity contribution in [3.05, 3.63) is 45.3 Å². The van der Waals surface area contributed by atoms with Crippen LogP contribution < -0.4 is 5.32 Å². The average Bonchev–Trinajstić information content (AvgIpc) is 2.93. The van der Waals surface area contributed by atoms with Gasteiger partial charge in [-0.1, -0.05) is 0 Å². The number of hydrogen-bond acceptors (Lipinski definition) is 4. The number of fused-ring (bicyclic) bond motifs is 1. The Morgan fingerprint density at radius 2 is 2.30 bits per heavy atom. The summed E-state index contributed by atoms with van der Waals surface area (Å²) >= 11 is 1.79. The van der Waals surface area contributed by atoms with Crippen LogP contribution in [0, 0.1) is 6.92 Å². The first kappa shape index (κ1) is 13.1. The third-order valence-electron chi connectivity index (χ3n) is 3.55. The molecule has 104 valence electrons. The predicted molar refractivity (Wildman–Crippen MR) is 81.3 cm³/mol. The summed E-state index contributed by atoms with van der Waals surface area (Å²) in [5.41, 5.74) is 2.85. The number of rotatable bonds is 2. The fourth-order valence-corrected chi connectivity index (χ4v) is 3.41. The van der Waals surface area contributed by atoms with E-state index in [2.05, 4.69) is 21.7 Å². The van der Waals surface area contributed by atoms with Gasteiger partial charge < -0.3 is 10.2 Å². The van der Waals surface area contributed by atoms with Crippen LogP contribution in [0.25, 0.3) is 0 Å². The molecule has 1 aliphatic rings. The lowest BCUT2D eigenvalue weighted by Crippen LogP contribution is -2.35. The van der Waals surface area contributed by atoms with Crippen molar-refractivity contribution in [2.75, 3.05) is 18.9 Å². The number of carbonyl (C=O) groups excluding carboxylic acids is 1. The monoisotopic (exact) mass is 287 g/mol. The van der Waals surface area contributed by atoms with Crippen molar-refractivity contribution in [1.82, 2.24) is 9.88 Å². The Bertz CT molecular complexity index is 650. The molecule has 1 amide bonds. The molecule has 0 saturated heterocycles. The fraction of sp³-hybridized carbons (Fsp3) is 0.333. The van der Waals surface area contributed by atoms with Crippen LogP contribution in [0.3, 0.4) is 0 Å². The summed E-state index contributed by atoms with van der Waals surface area (Å²) in [6.45, 7) is 3.42. The molecule has 5 heteroatoms. The molecule has 3 rings (SSSR count). The van der Waals surface area contributed by atoms with Gasteiger partial charge in [0.1, 0.15) is 5.82 Å².